The van der Waals surface area contributed by atoms with Gasteiger partial charge in [-0.25, -0.2) is 9.59 Å². The molecular weight excluding hydrogens is 340 g/mol. The molecule has 2 aliphatic rings. The van der Waals surface area contributed by atoms with Crippen LogP contribution in [-0.2, 0) is 23.9 Å². The summed E-state index contributed by atoms with van der Waals surface area (Å²) in [7, 11) is 0. The van der Waals surface area contributed by atoms with Crippen LogP contribution in [-0.4, -0.2) is 51.8 Å². The molecule has 0 saturated carbocycles. The minimum absolute atomic E-state index is 0.0804. The maximum atomic E-state index is 12.4. The Bertz CT molecular complexity index is 701. The molecule has 0 aromatic rings. The highest BCUT2D eigenvalue weighted by atomic mass is 16.6. The molecule has 0 amide bonds. The standard InChI is InChI=1S/C19H24O7/c1-9(2)17(22)26-14-8-19(5,24)15(21)7-12(20)10(3)6-13-16(14)11(4)18(23)25-13/h6,12-14,16,20,24H,1,4,7-8H2,2-3,5H3/b10-6-/t12?,13-,14+,16+,19-/m1/s1. The second-order valence-corrected chi connectivity index (χ2v) is 7.18. The minimum Gasteiger partial charge on any atom is -0.458 e. The van der Waals surface area contributed by atoms with Crippen LogP contribution in [0.1, 0.15) is 33.6 Å². The number of aliphatic hydroxyl groups excluding tert-OH is 1. The molecule has 2 rings (SSSR count). The van der Waals surface area contributed by atoms with Crippen LogP contribution in [0.3, 0.4) is 0 Å². The number of carbonyl (C=O) groups is 3. The normalized spacial score (nSPS) is 37.3. The van der Waals surface area contributed by atoms with Gasteiger partial charge in [0.1, 0.15) is 17.8 Å². The van der Waals surface area contributed by atoms with E-state index in [9.17, 15) is 24.6 Å². The molecule has 2 N–H and O–H groups in total. The first kappa shape index (κ1) is 20.1. The Morgan fingerprint density at radius 1 is 1.42 bits per heavy atom. The maximum Gasteiger partial charge on any atom is 0.334 e. The molecule has 1 aliphatic heterocycles. The number of fused-ring (bicyclic) bond motifs is 1. The van der Waals surface area contributed by atoms with Gasteiger partial charge >= 0.3 is 11.9 Å². The molecule has 1 unspecified atom stereocenters. The minimum atomic E-state index is -1.87. The van der Waals surface area contributed by atoms with Crippen molar-refractivity contribution in [1.29, 1.82) is 0 Å². The number of rotatable bonds is 2. The molecule has 0 aromatic carbocycles. The lowest BCUT2D eigenvalue weighted by atomic mass is 9.79. The Morgan fingerprint density at radius 3 is 2.62 bits per heavy atom. The predicted octanol–water partition coefficient (Wildman–Crippen LogP) is 0.993. The van der Waals surface area contributed by atoms with E-state index >= 15 is 0 Å². The van der Waals surface area contributed by atoms with Crippen LogP contribution in [0.5, 0.6) is 0 Å². The van der Waals surface area contributed by atoms with Crippen molar-refractivity contribution < 1.29 is 34.1 Å². The number of Topliss-reactive ketones (excluding diaryl/α,β-unsaturated/α-hetero) is 1. The van der Waals surface area contributed by atoms with Crippen molar-refractivity contribution >= 4 is 17.7 Å². The van der Waals surface area contributed by atoms with Crippen molar-refractivity contribution in [3.8, 4) is 0 Å². The van der Waals surface area contributed by atoms with Gasteiger partial charge in [-0.15, -0.1) is 0 Å². The molecule has 0 aromatic heterocycles. The lowest BCUT2D eigenvalue weighted by Crippen LogP contribution is -2.46. The maximum absolute atomic E-state index is 12.4. The highest BCUT2D eigenvalue weighted by molar-refractivity contribution is 5.92. The fraction of sp³-hybridized carbons (Fsp3) is 0.526. The van der Waals surface area contributed by atoms with Crippen molar-refractivity contribution in [3.63, 3.8) is 0 Å². The van der Waals surface area contributed by atoms with Crippen LogP contribution in [0.2, 0.25) is 0 Å². The third-order valence-corrected chi connectivity index (χ3v) is 4.80. The van der Waals surface area contributed by atoms with Gasteiger partial charge in [-0.1, -0.05) is 13.2 Å². The van der Waals surface area contributed by atoms with Gasteiger partial charge in [0.15, 0.2) is 5.78 Å². The molecule has 0 radical (unpaired) electrons. The van der Waals surface area contributed by atoms with Crippen LogP contribution < -0.4 is 0 Å². The zero-order valence-corrected chi connectivity index (χ0v) is 15.2. The lowest BCUT2D eigenvalue weighted by molar-refractivity contribution is -0.156. The summed E-state index contributed by atoms with van der Waals surface area (Å²) in [5.74, 6) is -2.74. The van der Waals surface area contributed by atoms with Gasteiger partial charge in [0.25, 0.3) is 0 Å². The van der Waals surface area contributed by atoms with Crippen molar-refractivity contribution in [2.45, 2.75) is 57.5 Å². The summed E-state index contributed by atoms with van der Waals surface area (Å²) in [5.41, 5.74) is -1.23. The van der Waals surface area contributed by atoms with E-state index in [2.05, 4.69) is 13.2 Å². The number of hydrogen-bond donors (Lipinski definition) is 2. The molecule has 1 saturated heterocycles. The second-order valence-electron chi connectivity index (χ2n) is 7.18. The number of carbonyl (C=O) groups excluding carboxylic acids is 3. The summed E-state index contributed by atoms with van der Waals surface area (Å²) in [4.78, 5) is 36.5. The average Bonchev–Trinajstić information content (AvgIpc) is 2.79. The Balaban J connectivity index is 2.52. The number of ketones is 1. The molecule has 1 fully saturated rings. The smallest absolute Gasteiger partial charge is 0.334 e. The van der Waals surface area contributed by atoms with E-state index in [1.54, 1.807) is 6.92 Å². The molecule has 26 heavy (non-hydrogen) atoms. The third kappa shape index (κ3) is 3.94. The zero-order chi connectivity index (χ0) is 19.8. The first-order valence-electron chi connectivity index (χ1n) is 8.32. The van der Waals surface area contributed by atoms with Crippen molar-refractivity contribution in [2.75, 3.05) is 0 Å². The first-order valence-corrected chi connectivity index (χ1v) is 8.32. The van der Waals surface area contributed by atoms with Gasteiger partial charge in [0.2, 0.25) is 0 Å². The van der Waals surface area contributed by atoms with E-state index in [1.807, 2.05) is 0 Å². The van der Waals surface area contributed by atoms with Gasteiger partial charge in [0.05, 0.1) is 12.0 Å². The monoisotopic (exact) mass is 364 g/mol. The van der Waals surface area contributed by atoms with Gasteiger partial charge < -0.3 is 19.7 Å². The second kappa shape index (κ2) is 7.17. The summed E-state index contributed by atoms with van der Waals surface area (Å²) >= 11 is 0. The predicted molar refractivity (Wildman–Crippen MR) is 91.8 cm³/mol. The highest BCUT2D eigenvalue weighted by Crippen LogP contribution is 2.37. The van der Waals surface area contributed by atoms with Gasteiger partial charge in [-0.2, -0.15) is 0 Å². The van der Waals surface area contributed by atoms with E-state index in [0.717, 1.165) is 0 Å². The molecular formula is C19H24O7. The molecule has 142 valence electrons. The van der Waals surface area contributed by atoms with E-state index in [4.69, 9.17) is 9.47 Å². The average molecular weight is 364 g/mol. The quantitative estimate of drug-likeness (QED) is 0.427. The van der Waals surface area contributed by atoms with E-state index < -0.39 is 47.6 Å². The summed E-state index contributed by atoms with van der Waals surface area (Å²) in [6.07, 6.45) is -2.00. The van der Waals surface area contributed by atoms with Crippen LogP contribution in [0, 0.1) is 5.92 Å². The Kier molecular flexibility index (Phi) is 5.53. The molecule has 7 heteroatoms. The summed E-state index contributed by atoms with van der Waals surface area (Å²) < 4.78 is 10.7. The summed E-state index contributed by atoms with van der Waals surface area (Å²) in [6, 6.07) is 0. The molecule has 7 nitrogen and oxygen atoms in total. The number of hydrogen-bond acceptors (Lipinski definition) is 7. The highest BCUT2D eigenvalue weighted by Gasteiger charge is 2.48. The van der Waals surface area contributed by atoms with Gasteiger partial charge in [-0.05, 0) is 32.4 Å². The molecule has 0 spiro atoms. The largest absolute Gasteiger partial charge is 0.458 e. The van der Waals surface area contributed by atoms with Crippen LogP contribution >= 0.6 is 0 Å². The Labute approximate surface area is 152 Å². The van der Waals surface area contributed by atoms with Gasteiger partial charge in [-0.3, -0.25) is 4.79 Å². The summed E-state index contributed by atoms with van der Waals surface area (Å²) in [5, 5.41) is 20.8. The SMILES string of the molecule is C=C(C)C(=O)O[C@H]1C[C@@](C)(O)C(=O)CC(O)/C(C)=C\[C@H]2OC(=O)C(=C)[C@H]12. The Hall–Kier alpha value is -2.25. The fourth-order valence-corrected chi connectivity index (χ4v) is 3.09. The number of ether oxygens (including phenoxy) is 2. The topological polar surface area (TPSA) is 110 Å². The van der Waals surface area contributed by atoms with Crippen molar-refractivity contribution in [3.05, 3.63) is 36.0 Å². The van der Waals surface area contributed by atoms with Crippen molar-refractivity contribution in [2.24, 2.45) is 5.92 Å². The van der Waals surface area contributed by atoms with E-state index in [0.29, 0.717) is 5.57 Å². The third-order valence-electron chi connectivity index (χ3n) is 4.80. The lowest BCUT2D eigenvalue weighted by Gasteiger charge is -2.33. The number of esters is 2. The molecule has 0 bridgehead atoms. The Morgan fingerprint density at radius 2 is 2.04 bits per heavy atom. The fourth-order valence-electron chi connectivity index (χ4n) is 3.09. The number of aliphatic hydroxyl groups is 2. The molecule has 5 atom stereocenters. The van der Waals surface area contributed by atoms with Crippen molar-refractivity contribution in [1.82, 2.24) is 0 Å². The van der Waals surface area contributed by atoms with E-state index in [-0.39, 0.29) is 24.0 Å². The van der Waals surface area contributed by atoms with Crippen LogP contribution in [0.25, 0.3) is 0 Å². The van der Waals surface area contributed by atoms with E-state index in [1.165, 1.54) is 19.9 Å². The molecule has 1 heterocycles. The molecule has 1 aliphatic carbocycles. The zero-order valence-electron chi connectivity index (χ0n) is 15.2. The van der Waals surface area contributed by atoms with Crippen LogP contribution in [0.15, 0.2) is 36.0 Å². The first-order chi connectivity index (χ1) is 11.9. The van der Waals surface area contributed by atoms with Crippen LogP contribution in [0.4, 0.5) is 0 Å². The summed E-state index contributed by atoms with van der Waals surface area (Å²) in [6.45, 7) is 11.6. The van der Waals surface area contributed by atoms with Gasteiger partial charge in [0, 0.05) is 24.0 Å².